The van der Waals surface area contributed by atoms with Crippen LogP contribution in [0.15, 0.2) is 0 Å². The van der Waals surface area contributed by atoms with E-state index >= 15 is 0 Å². The highest BCUT2D eigenvalue weighted by atomic mass is 79.9. The zero-order valence-electron chi connectivity index (χ0n) is 10.8. The molecule has 2 rings (SSSR count). The quantitative estimate of drug-likeness (QED) is 0.792. The van der Waals surface area contributed by atoms with Crippen LogP contribution in [0.3, 0.4) is 0 Å². The fourth-order valence-corrected chi connectivity index (χ4v) is 4.09. The van der Waals surface area contributed by atoms with Gasteiger partial charge in [0.15, 0.2) is 0 Å². The van der Waals surface area contributed by atoms with E-state index in [4.69, 9.17) is 0 Å². The molecule has 1 amide bonds. The molecule has 2 saturated carbocycles. The number of hydrogen-bond acceptors (Lipinski definition) is 1. The first-order chi connectivity index (χ1) is 8.15. The molecule has 0 radical (unpaired) electrons. The zero-order chi connectivity index (χ0) is 12.3. The molecule has 98 valence electrons. The third-order valence-electron chi connectivity index (χ3n) is 4.68. The van der Waals surface area contributed by atoms with Crippen LogP contribution < -0.4 is 5.32 Å². The Morgan fingerprint density at radius 1 is 1.24 bits per heavy atom. The smallest absolute Gasteiger partial charge is 0.226 e. The molecule has 0 aromatic heterocycles. The monoisotopic (exact) mass is 301 g/mol. The summed E-state index contributed by atoms with van der Waals surface area (Å²) >= 11 is 3.56. The van der Waals surface area contributed by atoms with E-state index in [1.165, 1.54) is 32.1 Å². The number of halogens is 1. The number of rotatable bonds is 3. The summed E-state index contributed by atoms with van der Waals surface area (Å²) in [6.07, 6.45) is 9.57. The Morgan fingerprint density at radius 3 is 2.59 bits per heavy atom. The maximum absolute atomic E-state index is 12.4. The topological polar surface area (TPSA) is 29.1 Å². The number of nitrogens with one attached hydrogen (secondary N) is 1. The Kier molecular flexibility index (Phi) is 4.51. The first kappa shape index (κ1) is 13.4. The van der Waals surface area contributed by atoms with E-state index in [1.54, 1.807) is 0 Å². The molecule has 0 heterocycles. The van der Waals surface area contributed by atoms with Crippen LogP contribution in [-0.2, 0) is 4.79 Å². The second-order valence-corrected chi connectivity index (χ2v) is 6.69. The molecule has 2 unspecified atom stereocenters. The van der Waals surface area contributed by atoms with Crippen LogP contribution in [-0.4, -0.2) is 17.3 Å². The van der Waals surface area contributed by atoms with Gasteiger partial charge in [-0.3, -0.25) is 4.79 Å². The van der Waals surface area contributed by atoms with E-state index in [1.807, 2.05) is 0 Å². The maximum Gasteiger partial charge on any atom is 0.226 e. The number of carbonyl (C=O) groups is 1. The van der Waals surface area contributed by atoms with Gasteiger partial charge in [0.2, 0.25) is 5.91 Å². The Labute approximate surface area is 113 Å². The predicted octanol–water partition coefficient (Wildman–Crippen LogP) is 3.64. The SMILES string of the molecule is CC1(C(=O)NC2CCCC2CBr)CCCCC1. The van der Waals surface area contributed by atoms with Crippen molar-refractivity contribution < 1.29 is 4.79 Å². The molecule has 0 aromatic carbocycles. The van der Waals surface area contributed by atoms with Crippen molar-refractivity contribution >= 4 is 21.8 Å². The highest BCUT2D eigenvalue weighted by Crippen LogP contribution is 2.37. The predicted molar refractivity (Wildman–Crippen MR) is 74.3 cm³/mol. The number of alkyl halides is 1. The van der Waals surface area contributed by atoms with Crippen molar-refractivity contribution in [1.82, 2.24) is 5.32 Å². The zero-order valence-corrected chi connectivity index (χ0v) is 12.4. The first-order valence-electron chi connectivity index (χ1n) is 7.03. The van der Waals surface area contributed by atoms with Gasteiger partial charge in [-0.25, -0.2) is 0 Å². The van der Waals surface area contributed by atoms with E-state index in [0.717, 1.165) is 24.6 Å². The molecule has 2 atom stereocenters. The Bertz CT molecular complexity index is 273. The van der Waals surface area contributed by atoms with Gasteiger partial charge in [0.1, 0.15) is 0 Å². The van der Waals surface area contributed by atoms with Gasteiger partial charge < -0.3 is 5.32 Å². The van der Waals surface area contributed by atoms with Gasteiger partial charge in [-0.05, 0) is 31.6 Å². The van der Waals surface area contributed by atoms with Gasteiger partial charge >= 0.3 is 0 Å². The Hall–Kier alpha value is -0.0500. The molecule has 2 fully saturated rings. The second kappa shape index (κ2) is 5.73. The lowest BCUT2D eigenvalue weighted by molar-refractivity contribution is -0.132. The summed E-state index contributed by atoms with van der Waals surface area (Å²) in [5, 5.41) is 4.34. The molecule has 1 N–H and O–H groups in total. The minimum Gasteiger partial charge on any atom is -0.353 e. The molecule has 0 saturated heterocycles. The molecule has 0 aliphatic heterocycles. The summed E-state index contributed by atoms with van der Waals surface area (Å²) in [7, 11) is 0. The summed E-state index contributed by atoms with van der Waals surface area (Å²) in [5.41, 5.74) is -0.0856. The van der Waals surface area contributed by atoms with Crippen molar-refractivity contribution in [2.45, 2.75) is 64.3 Å². The van der Waals surface area contributed by atoms with Crippen LogP contribution in [0.2, 0.25) is 0 Å². The van der Waals surface area contributed by atoms with E-state index in [0.29, 0.717) is 17.9 Å². The average molecular weight is 302 g/mol. The second-order valence-electron chi connectivity index (χ2n) is 6.05. The molecule has 3 heteroatoms. The first-order valence-corrected chi connectivity index (χ1v) is 8.15. The average Bonchev–Trinajstić information content (AvgIpc) is 2.77. The van der Waals surface area contributed by atoms with Crippen molar-refractivity contribution in [2.75, 3.05) is 5.33 Å². The Balaban J connectivity index is 1.91. The van der Waals surface area contributed by atoms with E-state index < -0.39 is 0 Å². The van der Waals surface area contributed by atoms with Gasteiger partial charge in [0.25, 0.3) is 0 Å². The number of hydrogen-bond donors (Lipinski definition) is 1. The molecule has 17 heavy (non-hydrogen) atoms. The molecule has 0 spiro atoms. The van der Waals surface area contributed by atoms with Gasteiger partial charge in [0.05, 0.1) is 0 Å². The van der Waals surface area contributed by atoms with Gasteiger partial charge in [-0.2, -0.15) is 0 Å². The van der Waals surface area contributed by atoms with Gasteiger partial charge in [-0.15, -0.1) is 0 Å². The third-order valence-corrected chi connectivity index (χ3v) is 5.51. The molecule has 2 aliphatic carbocycles. The molecule has 2 nitrogen and oxygen atoms in total. The summed E-state index contributed by atoms with van der Waals surface area (Å²) in [6, 6.07) is 0.417. The number of amides is 1. The fraction of sp³-hybridized carbons (Fsp3) is 0.929. The third kappa shape index (κ3) is 3.04. The number of carbonyl (C=O) groups excluding carboxylic acids is 1. The van der Waals surface area contributed by atoms with Crippen LogP contribution in [0.25, 0.3) is 0 Å². The standard InChI is InChI=1S/C14H24BrNO/c1-14(8-3-2-4-9-14)13(17)16-12-7-5-6-11(12)10-15/h11-12H,2-10H2,1H3,(H,16,17). The molecule has 2 aliphatic rings. The van der Waals surface area contributed by atoms with E-state index in [-0.39, 0.29) is 5.41 Å². The van der Waals surface area contributed by atoms with Crippen molar-refractivity contribution in [2.24, 2.45) is 11.3 Å². The van der Waals surface area contributed by atoms with Crippen LogP contribution in [0, 0.1) is 11.3 Å². The van der Waals surface area contributed by atoms with Crippen LogP contribution >= 0.6 is 15.9 Å². The molecule has 0 aromatic rings. The van der Waals surface area contributed by atoms with Crippen molar-refractivity contribution in [1.29, 1.82) is 0 Å². The molecule has 0 bridgehead atoms. The summed E-state index contributed by atoms with van der Waals surface area (Å²) < 4.78 is 0. The van der Waals surface area contributed by atoms with Crippen LogP contribution in [0.4, 0.5) is 0 Å². The lowest BCUT2D eigenvalue weighted by Gasteiger charge is -2.34. The summed E-state index contributed by atoms with van der Waals surface area (Å²) in [5.74, 6) is 0.959. The summed E-state index contributed by atoms with van der Waals surface area (Å²) in [6.45, 7) is 2.15. The largest absolute Gasteiger partial charge is 0.353 e. The van der Waals surface area contributed by atoms with Crippen molar-refractivity contribution in [3.05, 3.63) is 0 Å². The minimum absolute atomic E-state index is 0.0856. The van der Waals surface area contributed by atoms with E-state index in [9.17, 15) is 4.79 Å². The lowest BCUT2D eigenvalue weighted by Crippen LogP contribution is -2.46. The molecular formula is C14H24BrNO. The highest BCUT2D eigenvalue weighted by molar-refractivity contribution is 9.09. The summed E-state index contributed by atoms with van der Waals surface area (Å²) in [4.78, 5) is 12.4. The lowest BCUT2D eigenvalue weighted by atomic mass is 9.75. The van der Waals surface area contributed by atoms with Crippen molar-refractivity contribution in [3.63, 3.8) is 0 Å². The van der Waals surface area contributed by atoms with Crippen LogP contribution in [0.1, 0.15) is 58.3 Å². The maximum atomic E-state index is 12.4. The van der Waals surface area contributed by atoms with Gasteiger partial charge in [-0.1, -0.05) is 48.5 Å². The minimum atomic E-state index is -0.0856. The van der Waals surface area contributed by atoms with E-state index in [2.05, 4.69) is 28.2 Å². The normalized spacial score (nSPS) is 32.4. The van der Waals surface area contributed by atoms with Gasteiger partial charge in [0, 0.05) is 16.8 Å². The van der Waals surface area contributed by atoms with Crippen LogP contribution in [0.5, 0.6) is 0 Å². The highest BCUT2D eigenvalue weighted by Gasteiger charge is 2.37. The molecular weight excluding hydrogens is 278 g/mol. The Morgan fingerprint density at radius 2 is 1.94 bits per heavy atom. The van der Waals surface area contributed by atoms with Crippen molar-refractivity contribution in [3.8, 4) is 0 Å². The fourth-order valence-electron chi connectivity index (χ4n) is 3.31.